The zero-order chi connectivity index (χ0) is 16.4. The highest BCUT2D eigenvalue weighted by Gasteiger charge is 2.24. The van der Waals surface area contributed by atoms with Gasteiger partial charge in [0.05, 0.1) is 0 Å². The number of aryl methyl sites for hydroxylation is 1. The molecule has 0 saturated heterocycles. The van der Waals surface area contributed by atoms with Crippen LogP contribution >= 0.6 is 31.9 Å². The van der Waals surface area contributed by atoms with E-state index in [4.69, 9.17) is 0 Å². The Morgan fingerprint density at radius 1 is 0.913 bits per heavy atom. The van der Waals surface area contributed by atoms with E-state index in [2.05, 4.69) is 70.0 Å². The summed E-state index contributed by atoms with van der Waals surface area (Å²) in [5.41, 5.74) is 8.99. The van der Waals surface area contributed by atoms with E-state index in [9.17, 15) is 0 Å². The van der Waals surface area contributed by atoms with E-state index in [1.807, 2.05) is 0 Å². The second-order valence-corrected chi connectivity index (χ2v) is 8.25. The Balaban J connectivity index is 2.11. The Hall–Kier alpha value is -0.600. The minimum atomic E-state index is 1.08. The number of hydrogen-bond donors (Lipinski definition) is 0. The molecule has 122 valence electrons. The average Bonchev–Trinajstić information content (AvgIpc) is 2.89. The van der Waals surface area contributed by atoms with E-state index in [1.54, 1.807) is 11.1 Å². The van der Waals surface area contributed by atoms with E-state index in [0.717, 1.165) is 6.42 Å². The standard InChI is InChI=1S/C21H24Br2/c1-3-5-7-14-12-19-17-10-9-16(22)11-15(17)13-20(19)18(21(14)23)8-6-4-2/h9-12H,3-8,13H2,1-2H3. The molecule has 1 aliphatic carbocycles. The van der Waals surface area contributed by atoms with Gasteiger partial charge in [-0.2, -0.15) is 0 Å². The molecular formula is C21H24Br2. The molecule has 3 rings (SSSR count). The molecule has 0 amide bonds. The van der Waals surface area contributed by atoms with Crippen LogP contribution in [0.5, 0.6) is 0 Å². The molecule has 2 aromatic carbocycles. The molecule has 1 aliphatic rings. The van der Waals surface area contributed by atoms with Crippen LogP contribution in [0.4, 0.5) is 0 Å². The number of rotatable bonds is 6. The van der Waals surface area contributed by atoms with Crippen molar-refractivity contribution in [1.82, 2.24) is 0 Å². The first-order valence-corrected chi connectivity index (χ1v) is 10.4. The van der Waals surface area contributed by atoms with Crippen LogP contribution in [0.3, 0.4) is 0 Å². The molecule has 0 radical (unpaired) electrons. The molecule has 0 aliphatic heterocycles. The maximum Gasteiger partial charge on any atom is 0.0242 e. The smallest absolute Gasteiger partial charge is 0.0242 e. The van der Waals surface area contributed by atoms with Crippen molar-refractivity contribution in [2.45, 2.75) is 58.8 Å². The molecule has 0 unspecified atom stereocenters. The normalized spacial score (nSPS) is 12.3. The van der Waals surface area contributed by atoms with E-state index in [-0.39, 0.29) is 0 Å². The Morgan fingerprint density at radius 2 is 1.65 bits per heavy atom. The van der Waals surface area contributed by atoms with E-state index in [1.165, 1.54) is 69.7 Å². The van der Waals surface area contributed by atoms with Crippen molar-refractivity contribution in [1.29, 1.82) is 0 Å². The van der Waals surface area contributed by atoms with Gasteiger partial charge in [-0.05, 0) is 83.7 Å². The fraction of sp³-hybridized carbons (Fsp3) is 0.429. The molecule has 0 heterocycles. The van der Waals surface area contributed by atoms with Crippen molar-refractivity contribution in [3.63, 3.8) is 0 Å². The van der Waals surface area contributed by atoms with Crippen molar-refractivity contribution < 1.29 is 0 Å². The van der Waals surface area contributed by atoms with Crippen LogP contribution in [-0.4, -0.2) is 0 Å². The Kier molecular flexibility index (Phi) is 5.64. The van der Waals surface area contributed by atoms with Crippen molar-refractivity contribution in [3.05, 3.63) is 55.5 Å². The molecule has 0 spiro atoms. The fourth-order valence-corrected chi connectivity index (χ4v) is 4.74. The SMILES string of the molecule is CCCCc1cc2c(c(CCCC)c1Br)Cc1cc(Br)ccc1-2. The average molecular weight is 436 g/mol. The zero-order valence-electron chi connectivity index (χ0n) is 14.0. The summed E-state index contributed by atoms with van der Waals surface area (Å²) in [6.07, 6.45) is 8.47. The molecule has 2 heteroatoms. The summed E-state index contributed by atoms with van der Waals surface area (Å²) < 4.78 is 2.56. The maximum atomic E-state index is 3.95. The summed E-state index contributed by atoms with van der Waals surface area (Å²) in [5, 5.41) is 0. The Labute approximate surface area is 157 Å². The number of halogens is 2. The molecule has 0 fully saturated rings. The van der Waals surface area contributed by atoms with Gasteiger partial charge < -0.3 is 0 Å². The lowest BCUT2D eigenvalue weighted by Crippen LogP contribution is -2.00. The lowest BCUT2D eigenvalue weighted by atomic mass is 9.93. The molecule has 0 N–H and O–H groups in total. The van der Waals surface area contributed by atoms with Crippen molar-refractivity contribution in [2.24, 2.45) is 0 Å². The molecule has 0 bridgehead atoms. The van der Waals surface area contributed by atoms with Crippen LogP contribution in [-0.2, 0) is 19.3 Å². The third-order valence-corrected chi connectivity index (χ3v) is 6.34. The highest BCUT2D eigenvalue weighted by molar-refractivity contribution is 9.10. The monoisotopic (exact) mass is 434 g/mol. The number of fused-ring (bicyclic) bond motifs is 3. The van der Waals surface area contributed by atoms with Gasteiger partial charge in [-0.1, -0.05) is 64.6 Å². The second kappa shape index (κ2) is 7.53. The highest BCUT2D eigenvalue weighted by Crippen LogP contribution is 2.43. The predicted molar refractivity (Wildman–Crippen MR) is 107 cm³/mol. The maximum absolute atomic E-state index is 3.95. The van der Waals surface area contributed by atoms with Crippen LogP contribution in [0.25, 0.3) is 11.1 Å². The quantitative estimate of drug-likeness (QED) is 0.376. The minimum Gasteiger partial charge on any atom is -0.0654 e. The summed E-state index contributed by atoms with van der Waals surface area (Å²) in [5.74, 6) is 0. The second-order valence-electron chi connectivity index (χ2n) is 6.54. The molecule has 23 heavy (non-hydrogen) atoms. The first kappa shape index (κ1) is 17.2. The van der Waals surface area contributed by atoms with Gasteiger partial charge in [0.25, 0.3) is 0 Å². The Bertz CT molecular complexity index is 716. The summed E-state index contributed by atoms with van der Waals surface area (Å²) in [4.78, 5) is 0. The molecule has 0 nitrogen and oxygen atoms in total. The van der Waals surface area contributed by atoms with Gasteiger partial charge in [-0.3, -0.25) is 0 Å². The predicted octanol–water partition coefficient (Wildman–Crippen LogP) is 7.47. The third kappa shape index (κ3) is 3.44. The number of hydrogen-bond acceptors (Lipinski definition) is 0. The lowest BCUT2D eigenvalue weighted by Gasteiger charge is -2.16. The van der Waals surface area contributed by atoms with Crippen molar-refractivity contribution in [3.8, 4) is 11.1 Å². The first-order valence-electron chi connectivity index (χ1n) is 8.77. The van der Waals surface area contributed by atoms with E-state index < -0.39 is 0 Å². The summed E-state index contributed by atoms with van der Waals surface area (Å²) in [6, 6.07) is 9.20. The van der Waals surface area contributed by atoms with Gasteiger partial charge in [-0.15, -0.1) is 0 Å². The van der Waals surface area contributed by atoms with Gasteiger partial charge in [-0.25, -0.2) is 0 Å². The van der Waals surface area contributed by atoms with Gasteiger partial charge in [0.15, 0.2) is 0 Å². The topological polar surface area (TPSA) is 0 Å². The summed E-state index contributed by atoms with van der Waals surface area (Å²) in [6.45, 7) is 4.55. The first-order chi connectivity index (χ1) is 11.2. The zero-order valence-corrected chi connectivity index (χ0v) is 17.2. The van der Waals surface area contributed by atoms with Gasteiger partial charge in [0.2, 0.25) is 0 Å². The number of unbranched alkanes of at least 4 members (excludes halogenated alkanes) is 2. The summed E-state index contributed by atoms with van der Waals surface area (Å²) in [7, 11) is 0. The van der Waals surface area contributed by atoms with Crippen molar-refractivity contribution >= 4 is 31.9 Å². The third-order valence-electron chi connectivity index (χ3n) is 4.86. The molecule has 0 atom stereocenters. The summed E-state index contributed by atoms with van der Waals surface area (Å²) >= 11 is 7.57. The fourth-order valence-electron chi connectivity index (χ4n) is 3.58. The molecule has 0 saturated carbocycles. The molecular weight excluding hydrogens is 412 g/mol. The van der Waals surface area contributed by atoms with Crippen LogP contribution in [0.1, 0.15) is 61.8 Å². The van der Waals surface area contributed by atoms with Gasteiger partial charge in [0, 0.05) is 8.95 Å². The minimum absolute atomic E-state index is 1.08. The van der Waals surface area contributed by atoms with Gasteiger partial charge in [0.1, 0.15) is 0 Å². The largest absolute Gasteiger partial charge is 0.0654 e. The van der Waals surface area contributed by atoms with E-state index >= 15 is 0 Å². The van der Waals surface area contributed by atoms with E-state index in [0.29, 0.717) is 0 Å². The molecule has 2 aromatic rings. The highest BCUT2D eigenvalue weighted by atomic mass is 79.9. The Morgan fingerprint density at radius 3 is 2.39 bits per heavy atom. The van der Waals surface area contributed by atoms with Gasteiger partial charge >= 0.3 is 0 Å². The van der Waals surface area contributed by atoms with Crippen LogP contribution in [0.15, 0.2) is 33.2 Å². The van der Waals surface area contributed by atoms with Crippen LogP contribution in [0.2, 0.25) is 0 Å². The molecule has 0 aromatic heterocycles. The van der Waals surface area contributed by atoms with Crippen molar-refractivity contribution in [2.75, 3.05) is 0 Å². The van der Waals surface area contributed by atoms with Crippen LogP contribution < -0.4 is 0 Å². The number of benzene rings is 2. The lowest BCUT2D eigenvalue weighted by molar-refractivity contribution is 0.772. The van der Waals surface area contributed by atoms with Crippen LogP contribution in [0, 0.1) is 0 Å².